The lowest BCUT2D eigenvalue weighted by molar-refractivity contribution is -0.123. The number of hydrogen-bond acceptors (Lipinski definition) is 9. The summed E-state index contributed by atoms with van der Waals surface area (Å²) in [4.78, 5) is 33.6. The van der Waals surface area contributed by atoms with E-state index in [4.69, 9.17) is 9.47 Å². The fraction of sp³-hybridized carbons (Fsp3) is 0.385. The predicted octanol–water partition coefficient (Wildman–Crippen LogP) is -0.569. The fourth-order valence-electron chi connectivity index (χ4n) is 1.48. The molecule has 0 fully saturated rings. The second-order valence-corrected chi connectivity index (χ2v) is 4.53. The van der Waals surface area contributed by atoms with Crippen LogP contribution in [0.5, 0.6) is 12.0 Å². The Bertz CT molecular complexity index is 651. The summed E-state index contributed by atoms with van der Waals surface area (Å²) in [7, 11) is 5.06. The topological polar surface area (TPSA) is 115 Å². The number of amides is 1. The number of carbonyl (C=O) groups excluding carboxylic acids is 1. The molecule has 0 aromatic carbocycles. The molecule has 0 atom stereocenters. The summed E-state index contributed by atoms with van der Waals surface area (Å²) in [5.74, 6) is 0.475. The van der Waals surface area contributed by atoms with Crippen molar-refractivity contribution in [3.63, 3.8) is 0 Å². The van der Waals surface area contributed by atoms with Crippen molar-refractivity contribution >= 4 is 11.9 Å². The molecule has 0 aliphatic heterocycles. The minimum atomic E-state index is -0.344. The highest BCUT2D eigenvalue weighted by Gasteiger charge is 2.10. The molecular weight excluding hydrogens is 302 g/mol. The van der Waals surface area contributed by atoms with Crippen LogP contribution < -0.4 is 19.7 Å². The molecule has 0 aliphatic rings. The van der Waals surface area contributed by atoms with Gasteiger partial charge in [0.05, 0.1) is 13.7 Å². The maximum atomic E-state index is 11.8. The van der Waals surface area contributed by atoms with Crippen molar-refractivity contribution in [1.82, 2.24) is 30.2 Å². The number of nitrogens with one attached hydrogen (secondary N) is 1. The van der Waals surface area contributed by atoms with E-state index in [-0.39, 0.29) is 31.1 Å². The van der Waals surface area contributed by atoms with Gasteiger partial charge in [-0.25, -0.2) is 9.97 Å². The average molecular weight is 319 g/mol. The maximum Gasteiger partial charge on any atom is 0.321 e. The molecule has 122 valence electrons. The second kappa shape index (κ2) is 7.82. The van der Waals surface area contributed by atoms with Gasteiger partial charge in [-0.1, -0.05) is 0 Å². The monoisotopic (exact) mass is 319 g/mol. The van der Waals surface area contributed by atoms with Crippen molar-refractivity contribution in [2.24, 2.45) is 0 Å². The molecular formula is C13H17N7O3. The zero-order chi connectivity index (χ0) is 16.7. The molecule has 0 radical (unpaired) electrons. The lowest BCUT2D eigenvalue weighted by Gasteiger charge is -2.12. The number of rotatable bonds is 7. The van der Waals surface area contributed by atoms with Crippen molar-refractivity contribution in [1.29, 1.82) is 0 Å². The number of methoxy groups -OCH3 is 1. The lowest BCUT2D eigenvalue weighted by atomic mass is 10.5. The van der Waals surface area contributed by atoms with E-state index in [1.54, 1.807) is 25.1 Å². The van der Waals surface area contributed by atoms with Crippen LogP contribution in [-0.4, -0.2) is 58.6 Å². The van der Waals surface area contributed by atoms with Gasteiger partial charge in [0, 0.05) is 26.5 Å². The molecule has 0 aliphatic carbocycles. The van der Waals surface area contributed by atoms with Gasteiger partial charge in [0.15, 0.2) is 12.4 Å². The molecule has 2 aromatic rings. The maximum absolute atomic E-state index is 11.8. The highest BCUT2D eigenvalue weighted by atomic mass is 16.5. The zero-order valence-corrected chi connectivity index (χ0v) is 13.1. The summed E-state index contributed by atoms with van der Waals surface area (Å²) >= 11 is 0. The van der Waals surface area contributed by atoms with Crippen molar-refractivity contribution < 1.29 is 14.3 Å². The molecule has 0 saturated heterocycles. The molecule has 10 heteroatoms. The number of hydrogen-bond donors (Lipinski definition) is 1. The Hall–Kier alpha value is -3.04. The van der Waals surface area contributed by atoms with Gasteiger partial charge >= 0.3 is 12.0 Å². The first-order valence-corrected chi connectivity index (χ1v) is 6.71. The van der Waals surface area contributed by atoms with Gasteiger partial charge in [-0.15, -0.1) is 0 Å². The van der Waals surface area contributed by atoms with Crippen LogP contribution in [0.4, 0.5) is 5.95 Å². The summed E-state index contributed by atoms with van der Waals surface area (Å²) in [6.45, 7) is -0.0790. The summed E-state index contributed by atoms with van der Waals surface area (Å²) in [5.41, 5.74) is 0. The third-order valence-corrected chi connectivity index (χ3v) is 2.55. The molecule has 0 bridgehead atoms. The zero-order valence-electron chi connectivity index (χ0n) is 13.1. The Kier molecular flexibility index (Phi) is 5.56. The molecule has 1 amide bonds. The highest BCUT2D eigenvalue weighted by Crippen LogP contribution is 2.09. The number of carbonyl (C=O) groups is 1. The normalized spacial score (nSPS) is 10.0. The van der Waals surface area contributed by atoms with Crippen LogP contribution in [0.1, 0.15) is 5.82 Å². The smallest absolute Gasteiger partial charge is 0.321 e. The van der Waals surface area contributed by atoms with Gasteiger partial charge in [0.25, 0.3) is 5.91 Å². The molecule has 0 spiro atoms. The Labute approximate surface area is 132 Å². The van der Waals surface area contributed by atoms with E-state index in [1.807, 2.05) is 0 Å². The first kappa shape index (κ1) is 16.3. The predicted molar refractivity (Wildman–Crippen MR) is 80.1 cm³/mol. The summed E-state index contributed by atoms with van der Waals surface area (Å²) in [6, 6.07) is 1.98. The van der Waals surface area contributed by atoms with Gasteiger partial charge in [-0.3, -0.25) is 4.79 Å². The van der Waals surface area contributed by atoms with Crippen LogP contribution in [0.3, 0.4) is 0 Å². The first-order chi connectivity index (χ1) is 11.1. The molecule has 10 nitrogen and oxygen atoms in total. The Balaban J connectivity index is 1.89. The largest absolute Gasteiger partial charge is 0.467 e. The summed E-state index contributed by atoms with van der Waals surface area (Å²) in [5, 5.41) is 2.64. The van der Waals surface area contributed by atoms with Gasteiger partial charge < -0.3 is 19.7 Å². The molecule has 23 heavy (non-hydrogen) atoms. The quantitative estimate of drug-likeness (QED) is 0.716. The third kappa shape index (κ3) is 5.02. The Morgan fingerprint density at radius 1 is 1.17 bits per heavy atom. The number of aromatic nitrogens is 5. The Morgan fingerprint density at radius 2 is 1.91 bits per heavy atom. The van der Waals surface area contributed by atoms with E-state index < -0.39 is 0 Å². The van der Waals surface area contributed by atoms with E-state index in [0.717, 1.165) is 0 Å². The molecule has 0 unspecified atom stereocenters. The van der Waals surface area contributed by atoms with Crippen LogP contribution in [-0.2, 0) is 11.3 Å². The molecule has 1 N–H and O–H groups in total. The van der Waals surface area contributed by atoms with Crippen molar-refractivity contribution in [3.05, 3.63) is 24.3 Å². The van der Waals surface area contributed by atoms with E-state index in [1.165, 1.54) is 19.5 Å². The molecule has 2 rings (SSSR count). The number of ether oxygens (including phenoxy) is 2. The van der Waals surface area contributed by atoms with Crippen LogP contribution in [0, 0.1) is 0 Å². The minimum absolute atomic E-state index is 0.123. The van der Waals surface area contributed by atoms with Crippen LogP contribution in [0.15, 0.2) is 18.5 Å². The van der Waals surface area contributed by atoms with Crippen molar-refractivity contribution in [3.8, 4) is 12.0 Å². The lowest BCUT2D eigenvalue weighted by Crippen LogP contribution is -2.29. The standard InChI is InChI=1S/C13H17N7O3/c1-20(2)11-17-9(18-13(19-11)22-3)7-16-10(21)8-23-12-14-5-4-6-15-12/h4-6H,7-8H2,1-3H3,(H,16,21). The van der Waals surface area contributed by atoms with Crippen molar-refractivity contribution in [2.45, 2.75) is 6.54 Å². The van der Waals surface area contributed by atoms with Gasteiger partial charge in [0.2, 0.25) is 5.95 Å². The van der Waals surface area contributed by atoms with E-state index in [0.29, 0.717) is 11.8 Å². The number of anilines is 1. The Morgan fingerprint density at radius 3 is 2.57 bits per heavy atom. The highest BCUT2D eigenvalue weighted by molar-refractivity contribution is 5.77. The SMILES string of the molecule is COc1nc(CNC(=O)COc2ncccn2)nc(N(C)C)n1. The van der Waals surface area contributed by atoms with E-state index in [2.05, 4.69) is 30.2 Å². The molecule has 2 heterocycles. The van der Waals surface area contributed by atoms with Crippen LogP contribution in [0.2, 0.25) is 0 Å². The van der Waals surface area contributed by atoms with Gasteiger partial charge in [0.1, 0.15) is 0 Å². The van der Waals surface area contributed by atoms with Crippen LogP contribution >= 0.6 is 0 Å². The molecule has 2 aromatic heterocycles. The van der Waals surface area contributed by atoms with Gasteiger partial charge in [-0.2, -0.15) is 15.0 Å². The number of nitrogens with zero attached hydrogens (tertiary/aromatic N) is 6. The van der Waals surface area contributed by atoms with E-state index >= 15 is 0 Å². The third-order valence-electron chi connectivity index (χ3n) is 2.55. The van der Waals surface area contributed by atoms with E-state index in [9.17, 15) is 4.79 Å². The van der Waals surface area contributed by atoms with Crippen molar-refractivity contribution in [2.75, 3.05) is 32.7 Å². The first-order valence-electron chi connectivity index (χ1n) is 6.71. The summed E-state index contributed by atoms with van der Waals surface area (Å²) in [6.07, 6.45) is 3.06. The van der Waals surface area contributed by atoms with Crippen LogP contribution in [0.25, 0.3) is 0 Å². The van der Waals surface area contributed by atoms with Gasteiger partial charge in [-0.05, 0) is 6.07 Å². The summed E-state index contributed by atoms with van der Waals surface area (Å²) < 4.78 is 10.2. The fourth-order valence-corrected chi connectivity index (χ4v) is 1.48. The second-order valence-electron chi connectivity index (χ2n) is 4.53. The minimum Gasteiger partial charge on any atom is -0.467 e. The average Bonchev–Trinajstić information content (AvgIpc) is 2.58. The molecule has 0 saturated carbocycles.